The van der Waals surface area contributed by atoms with Gasteiger partial charge >= 0.3 is 0 Å². The van der Waals surface area contributed by atoms with Gasteiger partial charge in [-0.25, -0.2) is 0 Å². The predicted molar refractivity (Wildman–Crippen MR) is 71.3 cm³/mol. The van der Waals surface area contributed by atoms with Gasteiger partial charge in [0.05, 0.1) is 13.7 Å². The molecule has 0 saturated heterocycles. The van der Waals surface area contributed by atoms with E-state index in [1.165, 1.54) is 4.90 Å². The summed E-state index contributed by atoms with van der Waals surface area (Å²) in [5, 5.41) is 0. The van der Waals surface area contributed by atoms with Gasteiger partial charge in [-0.2, -0.15) is 0 Å². The molecule has 19 heavy (non-hydrogen) atoms. The van der Waals surface area contributed by atoms with E-state index in [-0.39, 0.29) is 25.4 Å². The number of hydrogen-bond acceptors (Lipinski definition) is 4. The lowest BCUT2D eigenvalue weighted by molar-refractivity contribution is -0.135. The molecule has 0 bridgehead atoms. The number of carbonyl (C=O) groups is 2. The summed E-state index contributed by atoms with van der Waals surface area (Å²) < 4.78 is 5.05. The van der Waals surface area contributed by atoms with Crippen LogP contribution >= 0.6 is 0 Å². The SMILES string of the molecule is COc1ccc(CN(CC(N)=O)C(=O)CCN)cc1. The maximum absolute atomic E-state index is 11.8. The van der Waals surface area contributed by atoms with Gasteiger partial charge < -0.3 is 21.1 Å². The van der Waals surface area contributed by atoms with Crippen molar-refractivity contribution in [2.75, 3.05) is 20.2 Å². The molecule has 6 heteroatoms. The predicted octanol–water partition coefficient (Wildman–Crippen LogP) is -0.142. The minimum Gasteiger partial charge on any atom is -0.497 e. The zero-order valence-electron chi connectivity index (χ0n) is 11.0. The quantitative estimate of drug-likeness (QED) is 0.716. The molecule has 1 aromatic carbocycles. The van der Waals surface area contributed by atoms with Crippen molar-refractivity contribution in [2.45, 2.75) is 13.0 Å². The Hall–Kier alpha value is -2.08. The van der Waals surface area contributed by atoms with Crippen molar-refractivity contribution in [1.29, 1.82) is 0 Å². The molecule has 6 nitrogen and oxygen atoms in total. The van der Waals surface area contributed by atoms with Gasteiger partial charge in [-0.3, -0.25) is 9.59 Å². The van der Waals surface area contributed by atoms with Crippen LogP contribution < -0.4 is 16.2 Å². The zero-order chi connectivity index (χ0) is 14.3. The Morgan fingerprint density at radius 1 is 1.26 bits per heavy atom. The molecule has 4 N–H and O–H groups in total. The lowest BCUT2D eigenvalue weighted by Crippen LogP contribution is -2.38. The second kappa shape index (κ2) is 7.38. The van der Waals surface area contributed by atoms with Crippen LogP contribution in [0.4, 0.5) is 0 Å². The Morgan fingerprint density at radius 3 is 2.37 bits per heavy atom. The number of carbonyl (C=O) groups excluding carboxylic acids is 2. The van der Waals surface area contributed by atoms with E-state index in [0.717, 1.165) is 11.3 Å². The monoisotopic (exact) mass is 265 g/mol. The number of nitrogens with two attached hydrogens (primary N) is 2. The van der Waals surface area contributed by atoms with Gasteiger partial charge in [0.1, 0.15) is 5.75 Å². The molecule has 0 spiro atoms. The van der Waals surface area contributed by atoms with Crippen LogP contribution in [0.5, 0.6) is 5.75 Å². The molecule has 0 aliphatic heterocycles. The number of hydrogen-bond donors (Lipinski definition) is 2. The first kappa shape index (κ1) is 15.0. The Morgan fingerprint density at radius 2 is 1.89 bits per heavy atom. The van der Waals surface area contributed by atoms with Gasteiger partial charge in [0, 0.05) is 19.5 Å². The molecule has 0 heterocycles. The first-order valence-electron chi connectivity index (χ1n) is 5.96. The summed E-state index contributed by atoms with van der Waals surface area (Å²) in [5.41, 5.74) is 11.4. The highest BCUT2D eigenvalue weighted by atomic mass is 16.5. The smallest absolute Gasteiger partial charge is 0.237 e. The summed E-state index contributed by atoms with van der Waals surface area (Å²) in [6.45, 7) is 0.466. The number of ether oxygens (including phenoxy) is 1. The fourth-order valence-corrected chi connectivity index (χ4v) is 1.65. The highest BCUT2D eigenvalue weighted by molar-refractivity contribution is 5.83. The van der Waals surface area contributed by atoms with E-state index in [9.17, 15) is 9.59 Å². The zero-order valence-corrected chi connectivity index (χ0v) is 11.0. The molecule has 1 aromatic rings. The summed E-state index contributed by atoms with van der Waals surface area (Å²) in [6, 6.07) is 7.27. The van der Waals surface area contributed by atoms with E-state index in [1.54, 1.807) is 19.2 Å². The van der Waals surface area contributed by atoms with Crippen molar-refractivity contribution in [3.05, 3.63) is 29.8 Å². The molecule has 0 aliphatic rings. The van der Waals surface area contributed by atoms with Crippen LogP contribution in [-0.4, -0.2) is 36.9 Å². The third kappa shape index (κ3) is 4.97. The Labute approximate surface area is 112 Å². The van der Waals surface area contributed by atoms with Crippen molar-refractivity contribution in [2.24, 2.45) is 11.5 Å². The third-order valence-electron chi connectivity index (χ3n) is 2.59. The summed E-state index contributed by atoms with van der Waals surface area (Å²) in [7, 11) is 1.58. The molecular formula is C13H19N3O3. The van der Waals surface area contributed by atoms with E-state index in [0.29, 0.717) is 6.54 Å². The first-order valence-corrected chi connectivity index (χ1v) is 5.96. The lowest BCUT2D eigenvalue weighted by atomic mass is 10.2. The molecule has 0 aromatic heterocycles. The summed E-state index contributed by atoms with van der Waals surface area (Å²) >= 11 is 0. The molecule has 0 atom stereocenters. The largest absolute Gasteiger partial charge is 0.497 e. The third-order valence-corrected chi connectivity index (χ3v) is 2.59. The molecular weight excluding hydrogens is 246 g/mol. The first-order chi connectivity index (χ1) is 9.06. The molecule has 0 radical (unpaired) electrons. The minimum absolute atomic E-state index is 0.106. The van der Waals surface area contributed by atoms with Gasteiger partial charge in [0.2, 0.25) is 11.8 Å². The van der Waals surface area contributed by atoms with Crippen molar-refractivity contribution >= 4 is 11.8 Å². The second-order valence-corrected chi connectivity index (χ2v) is 4.10. The highest BCUT2D eigenvalue weighted by Gasteiger charge is 2.15. The molecule has 0 unspecified atom stereocenters. The molecule has 0 fully saturated rings. The summed E-state index contributed by atoms with van der Waals surface area (Å²) in [6.07, 6.45) is 0.198. The lowest BCUT2D eigenvalue weighted by Gasteiger charge is -2.21. The Balaban J connectivity index is 2.74. The molecule has 0 aliphatic carbocycles. The number of amides is 2. The normalized spacial score (nSPS) is 10.0. The van der Waals surface area contributed by atoms with Crippen molar-refractivity contribution in [3.8, 4) is 5.75 Å². The van der Waals surface area contributed by atoms with Gasteiger partial charge in [-0.05, 0) is 17.7 Å². The summed E-state index contributed by atoms with van der Waals surface area (Å²) in [5.74, 6) is 0.00878. The van der Waals surface area contributed by atoms with Crippen LogP contribution in [0.3, 0.4) is 0 Å². The number of rotatable bonds is 7. The van der Waals surface area contributed by atoms with E-state index in [4.69, 9.17) is 16.2 Å². The fourth-order valence-electron chi connectivity index (χ4n) is 1.65. The van der Waals surface area contributed by atoms with Crippen LogP contribution in [0.1, 0.15) is 12.0 Å². The second-order valence-electron chi connectivity index (χ2n) is 4.10. The Bertz CT molecular complexity index is 431. The van der Waals surface area contributed by atoms with Crippen LogP contribution in [0.15, 0.2) is 24.3 Å². The number of benzene rings is 1. The van der Waals surface area contributed by atoms with E-state index < -0.39 is 5.91 Å². The molecule has 2 amide bonds. The van der Waals surface area contributed by atoms with Gasteiger partial charge in [-0.1, -0.05) is 12.1 Å². The van der Waals surface area contributed by atoms with Gasteiger partial charge in [0.25, 0.3) is 0 Å². The molecule has 104 valence electrons. The Kier molecular flexibility index (Phi) is 5.81. The fraction of sp³-hybridized carbons (Fsp3) is 0.385. The highest BCUT2D eigenvalue weighted by Crippen LogP contribution is 2.13. The van der Waals surface area contributed by atoms with Crippen LogP contribution in [0, 0.1) is 0 Å². The van der Waals surface area contributed by atoms with Gasteiger partial charge in [0.15, 0.2) is 0 Å². The van der Waals surface area contributed by atoms with Crippen molar-refractivity contribution in [1.82, 2.24) is 4.90 Å². The van der Waals surface area contributed by atoms with Crippen molar-refractivity contribution < 1.29 is 14.3 Å². The average Bonchev–Trinajstić information content (AvgIpc) is 2.38. The number of primary amides is 1. The van der Waals surface area contributed by atoms with E-state index >= 15 is 0 Å². The standard InChI is InChI=1S/C13H19N3O3/c1-19-11-4-2-10(3-5-11)8-16(9-12(15)17)13(18)6-7-14/h2-5H,6-9,14H2,1H3,(H2,15,17). The van der Waals surface area contributed by atoms with Crippen LogP contribution in [0.25, 0.3) is 0 Å². The van der Waals surface area contributed by atoms with Crippen molar-refractivity contribution in [3.63, 3.8) is 0 Å². The van der Waals surface area contributed by atoms with Gasteiger partial charge in [-0.15, -0.1) is 0 Å². The average molecular weight is 265 g/mol. The maximum Gasteiger partial charge on any atom is 0.237 e. The van der Waals surface area contributed by atoms with Crippen LogP contribution in [0.2, 0.25) is 0 Å². The van der Waals surface area contributed by atoms with E-state index in [2.05, 4.69) is 0 Å². The molecule has 1 rings (SSSR count). The number of nitrogens with zero attached hydrogens (tertiary/aromatic N) is 1. The molecule has 0 saturated carbocycles. The number of methoxy groups -OCH3 is 1. The minimum atomic E-state index is -0.543. The maximum atomic E-state index is 11.8. The van der Waals surface area contributed by atoms with Crippen LogP contribution in [-0.2, 0) is 16.1 Å². The topological polar surface area (TPSA) is 98.6 Å². The summed E-state index contributed by atoms with van der Waals surface area (Å²) in [4.78, 5) is 24.2. The van der Waals surface area contributed by atoms with E-state index in [1.807, 2.05) is 12.1 Å².